The first-order valence-electron chi connectivity index (χ1n) is 9.22. The molecule has 2 aliphatic rings. The number of carbonyl (C=O) groups is 1. The van der Waals surface area contributed by atoms with Crippen molar-refractivity contribution in [2.75, 3.05) is 23.8 Å². The fraction of sp³-hybridized carbons (Fsp3) is 0.318. The van der Waals surface area contributed by atoms with Crippen LogP contribution in [0, 0.1) is 17.8 Å². The van der Waals surface area contributed by atoms with Crippen molar-refractivity contribution in [1.29, 1.82) is 0 Å². The van der Waals surface area contributed by atoms with Gasteiger partial charge in [0.1, 0.15) is 12.4 Å². The van der Waals surface area contributed by atoms with E-state index in [0.717, 1.165) is 29.2 Å². The zero-order valence-electron chi connectivity index (χ0n) is 14.7. The topological polar surface area (TPSA) is 50.4 Å². The monoisotopic (exact) mass is 346 g/mol. The maximum Gasteiger partial charge on any atom is 0.255 e. The van der Waals surface area contributed by atoms with Crippen molar-refractivity contribution in [3.05, 3.63) is 53.6 Å². The van der Waals surface area contributed by atoms with Gasteiger partial charge in [0.2, 0.25) is 0 Å². The maximum atomic E-state index is 12.5. The lowest BCUT2D eigenvalue weighted by Gasteiger charge is -2.19. The fourth-order valence-electron chi connectivity index (χ4n) is 3.38. The molecule has 2 N–H and O–H groups in total. The Labute approximate surface area is 154 Å². The number of amides is 1. The van der Waals surface area contributed by atoms with Gasteiger partial charge in [-0.25, -0.2) is 0 Å². The normalized spacial score (nSPS) is 15.8. The highest BCUT2D eigenvalue weighted by molar-refractivity contribution is 6.04. The number of hydrogen-bond acceptors (Lipinski definition) is 3. The maximum absolute atomic E-state index is 12.5. The minimum absolute atomic E-state index is 0.135. The third-order valence-electron chi connectivity index (χ3n) is 4.84. The van der Waals surface area contributed by atoms with Crippen LogP contribution in [0.25, 0.3) is 0 Å². The lowest BCUT2D eigenvalue weighted by molar-refractivity contribution is 0.102. The van der Waals surface area contributed by atoms with Crippen LogP contribution < -0.4 is 15.4 Å². The molecule has 1 amide bonds. The average molecular weight is 346 g/mol. The number of rotatable bonds is 2. The molecule has 1 heterocycles. The highest BCUT2D eigenvalue weighted by Crippen LogP contribution is 2.30. The number of nitrogens with one attached hydrogen (secondary N) is 2. The van der Waals surface area contributed by atoms with Gasteiger partial charge < -0.3 is 15.4 Å². The van der Waals surface area contributed by atoms with Crippen molar-refractivity contribution in [2.45, 2.75) is 25.7 Å². The molecule has 1 aliphatic carbocycles. The van der Waals surface area contributed by atoms with Crippen LogP contribution in [0.5, 0.6) is 5.75 Å². The second-order valence-electron chi connectivity index (χ2n) is 6.77. The first kappa shape index (κ1) is 16.5. The molecule has 132 valence electrons. The number of fused-ring (bicyclic) bond motifs is 1. The van der Waals surface area contributed by atoms with Crippen molar-refractivity contribution in [2.24, 2.45) is 5.92 Å². The molecule has 0 saturated heterocycles. The lowest BCUT2D eigenvalue weighted by Crippen LogP contribution is -2.18. The van der Waals surface area contributed by atoms with E-state index in [-0.39, 0.29) is 5.91 Å². The number of carbonyl (C=O) groups excluding carboxylic acids is 1. The van der Waals surface area contributed by atoms with E-state index in [9.17, 15) is 4.79 Å². The van der Waals surface area contributed by atoms with Gasteiger partial charge in [-0.2, -0.15) is 0 Å². The second kappa shape index (κ2) is 7.53. The molecule has 0 unspecified atom stereocenters. The summed E-state index contributed by atoms with van der Waals surface area (Å²) in [4.78, 5) is 12.5. The van der Waals surface area contributed by atoms with Gasteiger partial charge in [0, 0.05) is 35.3 Å². The van der Waals surface area contributed by atoms with E-state index in [4.69, 9.17) is 4.74 Å². The summed E-state index contributed by atoms with van der Waals surface area (Å²) in [6, 6.07) is 13.1. The predicted molar refractivity (Wildman–Crippen MR) is 104 cm³/mol. The van der Waals surface area contributed by atoms with E-state index in [0.29, 0.717) is 18.1 Å². The van der Waals surface area contributed by atoms with Gasteiger partial charge >= 0.3 is 0 Å². The van der Waals surface area contributed by atoms with E-state index < -0.39 is 0 Å². The number of anilines is 2. The molecule has 0 radical (unpaired) electrons. The third kappa shape index (κ3) is 3.83. The Morgan fingerprint density at radius 3 is 2.73 bits per heavy atom. The molecule has 0 atom stereocenters. The molecule has 4 rings (SSSR count). The summed E-state index contributed by atoms with van der Waals surface area (Å²) in [7, 11) is 0. The number of hydrogen-bond donors (Lipinski definition) is 2. The number of benzene rings is 2. The van der Waals surface area contributed by atoms with Crippen LogP contribution in [0.15, 0.2) is 42.5 Å². The van der Waals surface area contributed by atoms with E-state index >= 15 is 0 Å². The van der Waals surface area contributed by atoms with Crippen LogP contribution in [0.4, 0.5) is 11.4 Å². The molecule has 4 heteroatoms. The van der Waals surface area contributed by atoms with Crippen LogP contribution in [0.3, 0.4) is 0 Å². The van der Waals surface area contributed by atoms with Crippen LogP contribution in [0.2, 0.25) is 0 Å². The molecule has 4 nitrogen and oxygen atoms in total. The molecule has 1 fully saturated rings. The summed E-state index contributed by atoms with van der Waals surface area (Å²) in [5, 5.41) is 6.18. The van der Waals surface area contributed by atoms with Crippen molar-refractivity contribution in [3.63, 3.8) is 0 Å². The Morgan fingerprint density at radius 1 is 1.12 bits per heavy atom. The van der Waals surface area contributed by atoms with Gasteiger partial charge in [-0.1, -0.05) is 24.7 Å². The van der Waals surface area contributed by atoms with Crippen molar-refractivity contribution in [3.8, 4) is 17.6 Å². The summed E-state index contributed by atoms with van der Waals surface area (Å²) in [5.74, 6) is 7.75. The van der Waals surface area contributed by atoms with E-state index in [1.54, 1.807) is 0 Å². The van der Waals surface area contributed by atoms with E-state index in [1.165, 1.54) is 25.7 Å². The van der Waals surface area contributed by atoms with Gasteiger partial charge in [0.15, 0.2) is 0 Å². The molecule has 1 saturated carbocycles. The first-order valence-corrected chi connectivity index (χ1v) is 9.22. The summed E-state index contributed by atoms with van der Waals surface area (Å²) < 4.78 is 5.61. The standard InChI is InChI=1S/C22H22N2O2/c25-22(24-19-11-12-20-21(15-19)26-14-13-23-20)18-9-7-17(8-10-18)6-5-16-3-1-2-4-16/h7-12,15-16,23H,1-4,13-14H2,(H,24,25). The predicted octanol–water partition coefficient (Wildman–Crippen LogP) is 4.28. The molecule has 2 aromatic rings. The Hall–Kier alpha value is -2.93. The first-order chi connectivity index (χ1) is 12.8. The Kier molecular flexibility index (Phi) is 4.79. The summed E-state index contributed by atoms with van der Waals surface area (Å²) in [5.41, 5.74) is 3.26. The minimum Gasteiger partial charge on any atom is -0.490 e. The summed E-state index contributed by atoms with van der Waals surface area (Å²) in [6.45, 7) is 1.43. The third-order valence-corrected chi connectivity index (χ3v) is 4.84. The Morgan fingerprint density at radius 2 is 1.92 bits per heavy atom. The largest absolute Gasteiger partial charge is 0.490 e. The van der Waals surface area contributed by atoms with Crippen LogP contribution in [-0.2, 0) is 0 Å². The van der Waals surface area contributed by atoms with Gasteiger partial charge in [0.05, 0.1) is 5.69 Å². The summed E-state index contributed by atoms with van der Waals surface area (Å²) in [6.07, 6.45) is 5.02. The molecule has 0 spiro atoms. The van der Waals surface area contributed by atoms with Crippen LogP contribution in [-0.4, -0.2) is 19.1 Å². The highest BCUT2D eigenvalue weighted by atomic mass is 16.5. The van der Waals surface area contributed by atoms with Crippen LogP contribution in [0.1, 0.15) is 41.6 Å². The molecular formula is C22H22N2O2. The van der Waals surface area contributed by atoms with E-state index in [2.05, 4.69) is 22.5 Å². The van der Waals surface area contributed by atoms with Gasteiger partial charge in [-0.15, -0.1) is 0 Å². The van der Waals surface area contributed by atoms with Crippen molar-refractivity contribution < 1.29 is 9.53 Å². The second-order valence-corrected chi connectivity index (χ2v) is 6.77. The van der Waals surface area contributed by atoms with Gasteiger partial charge in [0.25, 0.3) is 5.91 Å². The number of ether oxygens (including phenoxy) is 1. The van der Waals surface area contributed by atoms with Gasteiger partial charge in [-0.05, 0) is 49.2 Å². The molecule has 1 aliphatic heterocycles. The fourth-order valence-corrected chi connectivity index (χ4v) is 3.38. The van der Waals surface area contributed by atoms with Crippen LogP contribution >= 0.6 is 0 Å². The smallest absolute Gasteiger partial charge is 0.255 e. The summed E-state index contributed by atoms with van der Waals surface area (Å²) >= 11 is 0. The Balaban J connectivity index is 1.41. The average Bonchev–Trinajstić information content (AvgIpc) is 3.20. The Bertz CT molecular complexity index is 856. The quantitative estimate of drug-likeness (QED) is 0.798. The molecule has 0 bridgehead atoms. The molecule has 26 heavy (non-hydrogen) atoms. The lowest BCUT2D eigenvalue weighted by atomic mass is 10.1. The highest BCUT2D eigenvalue weighted by Gasteiger charge is 2.13. The molecule has 2 aromatic carbocycles. The van der Waals surface area contributed by atoms with Crippen molar-refractivity contribution in [1.82, 2.24) is 0 Å². The van der Waals surface area contributed by atoms with Gasteiger partial charge in [-0.3, -0.25) is 4.79 Å². The SMILES string of the molecule is O=C(Nc1ccc2c(c1)OCCN2)c1ccc(C#CC2CCCC2)cc1. The molecule has 0 aromatic heterocycles. The molecular weight excluding hydrogens is 324 g/mol. The zero-order valence-corrected chi connectivity index (χ0v) is 14.7. The minimum atomic E-state index is -0.135. The van der Waals surface area contributed by atoms with E-state index in [1.807, 2.05) is 42.5 Å². The van der Waals surface area contributed by atoms with Crippen molar-refractivity contribution >= 4 is 17.3 Å². The zero-order chi connectivity index (χ0) is 17.8.